The number of nitrogens with zero attached hydrogens (tertiary/aromatic N) is 5. The number of halogens is 3. The zero-order valence-electron chi connectivity index (χ0n) is 16.1. The zero-order valence-corrected chi connectivity index (χ0v) is 17.6. The number of hydrogen-bond donors (Lipinski definition) is 0. The van der Waals surface area contributed by atoms with E-state index in [1.807, 2.05) is 23.7 Å². The van der Waals surface area contributed by atoms with Crippen LogP contribution >= 0.6 is 15.9 Å². The second-order valence-corrected chi connectivity index (χ2v) is 7.95. The van der Waals surface area contributed by atoms with Gasteiger partial charge in [-0.05, 0) is 43.2 Å². The van der Waals surface area contributed by atoms with E-state index in [0.29, 0.717) is 12.1 Å². The molecule has 0 saturated carbocycles. The number of benzene rings is 2. The molecule has 0 aliphatic heterocycles. The van der Waals surface area contributed by atoms with Gasteiger partial charge in [0.05, 0.1) is 23.8 Å². The lowest BCUT2D eigenvalue weighted by Gasteiger charge is -2.26. The van der Waals surface area contributed by atoms with Crippen LogP contribution in [0.2, 0.25) is 0 Å². The lowest BCUT2D eigenvalue weighted by molar-refractivity contribution is 0.356. The summed E-state index contributed by atoms with van der Waals surface area (Å²) in [6, 6.07) is 9.54. The molecule has 150 valence electrons. The maximum atomic E-state index is 14.7. The van der Waals surface area contributed by atoms with Gasteiger partial charge in [0.25, 0.3) is 0 Å². The third kappa shape index (κ3) is 3.81. The Morgan fingerprint density at radius 1 is 1.14 bits per heavy atom. The highest BCUT2D eigenvalue weighted by atomic mass is 79.9. The predicted octanol–water partition coefficient (Wildman–Crippen LogP) is 5.28. The summed E-state index contributed by atoms with van der Waals surface area (Å²) >= 11 is 3.52. The second-order valence-electron chi connectivity index (χ2n) is 7.04. The van der Waals surface area contributed by atoms with Gasteiger partial charge in [-0.15, -0.1) is 0 Å². The Bertz CT molecular complexity index is 1140. The predicted molar refractivity (Wildman–Crippen MR) is 111 cm³/mol. The number of aromatic nitrogens is 5. The van der Waals surface area contributed by atoms with Gasteiger partial charge in [-0.3, -0.25) is 9.36 Å². The van der Waals surface area contributed by atoms with Crippen molar-refractivity contribution in [3.8, 4) is 0 Å². The van der Waals surface area contributed by atoms with E-state index >= 15 is 0 Å². The molecule has 0 unspecified atom stereocenters. The monoisotopic (exact) mass is 459 g/mol. The molecule has 2 atom stereocenters. The Labute approximate surface area is 175 Å². The Hall–Kier alpha value is -2.61. The van der Waals surface area contributed by atoms with Crippen LogP contribution in [-0.2, 0) is 13.0 Å². The maximum absolute atomic E-state index is 14.7. The van der Waals surface area contributed by atoms with Crippen LogP contribution in [0, 0.1) is 11.6 Å². The molecule has 0 fully saturated rings. The average Bonchev–Trinajstić information content (AvgIpc) is 3.33. The van der Waals surface area contributed by atoms with Gasteiger partial charge < -0.3 is 0 Å². The van der Waals surface area contributed by atoms with E-state index in [1.54, 1.807) is 11.0 Å². The Kier molecular flexibility index (Phi) is 5.45. The molecule has 8 heteroatoms. The number of hydrogen-bond acceptors (Lipinski definition) is 3. The largest absolute Gasteiger partial charge is 0.261 e. The fraction of sp³-hybridized carbons (Fsp3) is 0.286. The molecule has 0 spiro atoms. The molecule has 0 N–H and O–H groups in total. The van der Waals surface area contributed by atoms with Gasteiger partial charge in [0.2, 0.25) is 0 Å². The van der Waals surface area contributed by atoms with Crippen molar-refractivity contribution in [2.75, 3.05) is 0 Å². The highest BCUT2D eigenvalue weighted by molar-refractivity contribution is 9.10. The molecule has 0 aliphatic rings. The van der Waals surface area contributed by atoms with Crippen LogP contribution in [0.1, 0.15) is 37.1 Å². The molecule has 2 heterocycles. The molecule has 0 amide bonds. The lowest BCUT2D eigenvalue weighted by Crippen LogP contribution is -2.22. The summed E-state index contributed by atoms with van der Waals surface area (Å²) in [5, 5.41) is 10.1. The first kappa shape index (κ1) is 19.7. The van der Waals surface area contributed by atoms with Crippen LogP contribution < -0.4 is 0 Å². The van der Waals surface area contributed by atoms with Crippen LogP contribution in [0.4, 0.5) is 8.78 Å². The van der Waals surface area contributed by atoms with Crippen LogP contribution in [0.25, 0.3) is 10.9 Å². The van der Waals surface area contributed by atoms with E-state index in [4.69, 9.17) is 5.10 Å². The summed E-state index contributed by atoms with van der Waals surface area (Å²) in [4.78, 5) is 3.99. The summed E-state index contributed by atoms with van der Waals surface area (Å²) in [6.45, 7) is 4.45. The maximum Gasteiger partial charge on any atom is 0.137 e. The van der Waals surface area contributed by atoms with Gasteiger partial charge in [-0.2, -0.15) is 10.2 Å². The standard InChI is InChI=1S/C21H20BrF2N5/c1-3-20-17-8-14(22)4-7-21(17)29(27-20)13(2)18(10-28-12-25-11-26-28)16-6-5-15(23)9-19(16)24/h4-9,11-13,18H,3,10H2,1-2H3/t13-,18-/m1/s1. The van der Waals surface area contributed by atoms with Crippen LogP contribution in [0.5, 0.6) is 0 Å². The van der Waals surface area contributed by atoms with Crippen molar-refractivity contribution in [3.63, 3.8) is 0 Å². The molecular weight excluding hydrogens is 440 g/mol. The van der Waals surface area contributed by atoms with E-state index in [9.17, 15) is 8.78 Å². The van der Waals surface area contributed by atoms with Crippen molar-refractivity contribution in [2.45, 2.75) is 38.8 Å². The van der Waals surface area contributed by atoms with Crippen molar-refractivity contribution >= 4 is 26.8 Å². The van der Waals surface area contributed by atoms with Crippen molar-refractivity contribution in [3.05, 3.63) is 76.4 Å². The third-order valence-electron chi connectivity index (χ3n) is 5.26. The van der Waals surface area contributed by atoms with Gasteiger partial charge in [-0.25, -0.2) is 13.8 Å². The summed E-state index contributed by atoms with van der Waals surface area (Å²) in [7, 11) is 0. The van der Waals surface area contributed by atoms with Crippen molar-refractivity contribution < 1.29 is 8.78 Å². The molecule has 4 rings (SSSR count). The molecule has 29 heavy (non-hydrogen) atoms. The first-order chi connectivity index (χ1) is 14.0. The normalized spacial score (nSPS) is 13.7. The van der Waals surface area contributed by atoms with Crippen LogP contribution in [-0.4, -0.2) is 24.5 Å². The first-order valence-electron chi connectivity index (χ1n) is 9.42. The number of rotatable bonds is 6. The minimum Gasteiger partial charge on any atom is -0.261 e. The zero-order chi connectivity index (χ0) is 20.5. The van der Waals surface area contributed by atoms with E-state index in [1.165, 1.54) is 18.5 Å². The summed E-state index contributed by atoms with van der Waals surface area (Å²) in [5.74, 6) is -1.49. The molecule has 4 aromatic rings. The summed E-state index contributed by atoms with van der Waals surface area (Å²) in [6.07, 6.45) is 3.82. The minimum absolute atomic E-state index is 0.205. The fourth-order valence-corrected chi connectivity index (χ4v) is 4.12. The lowest BCUT2D eigenvalue weighted by atomic mass is 9.91. The Morgan fingerprint density at radius 2 is 1.97 bits per heavy atom. The van der Waals surface area contributed by atoms with Gasteiger partial charge in [-0.1, -0.05) is 28.9 Å². The molecule has 0 bridgehead atoms. The minimum atomic E-state index is -0.596. The first-order valence-corrected chi connectivity index (χ1v) is 10.2. The highest BCUT2D eigenvalue weighted by Gasteiger charge is 2.27. The smallest absolute Gasteiger partial charge is 0.137 e. The molecule has 2 aromatic heterocycles. The van der Waals surface area contributed by atoms with E-state index in [-0.39, 0.29) is 12.0 Å². The number of aryl methyl sites for hydroxylation is 1. The molecule has 0 radical (unpaired) electrons. The summed E-state index contributed by atoms with van der Waals surface area (Å²) in [5.41, 5.74) is 2.38. The van der Waals surface area contributed by atoms with Crippen molar-refractivity contribution in [1.82, 2.24) is 24.5 Å². The van der Waals surface area contributed by atoms with Gasteiger partial charge in [0, 0.05) is 21.8 Å². The molecular formula is C21H20BrF2N5. The van der Waals surface area contributed by atoms with Gasteiger partial charge >= 0.3 is 0 Å². The van der Waals surface area contributed by atoms with Crippen LogP contribution in [0.3, 0.4) is 0 Å². The third-order valence-corrected chi connectivity index (χ3v) is 5.75. The van der Waals surface area contributed by atoms with Gasteiger partial charge in [0.1, 0.15) is 24.3 Å². The Morgan fingerprint density at radius 3 is 2.66 bits per heavy atom. The fourth-order valence-electron chi connectivity index (χ4n) is 3.76. The summed E-state index contributed by atoms with van der Waals surface area (Å²) < 4.78 is 32.8. The topological polar surface area (TPSA) is 48.5 Å². The average molecular weight is 460 g/mol. The molecule has 0 saturated heterocycles. The number of fused-ring (bicyclic) bond motifs is 1. The molecule has 2 aromatic carbocycles. The molecule has 5 nitrogen and oxygen atoms in total. The molecule has 0 aliphatic carbocycles. The van der Waals surface area contributed by atoms with Gasteiger partial charge in [0.15, 0.2) is 0 Å². The highest BCUT2D eigenvalue weighted by Crippen LogP contribution is 2.35. The van der Waals surface area contributed by atoms with Crippen LogP contribution in [0.15, 0.2) is 53.5 Å². The Balaban J connectivity index is 1.83. The van der Waals surface area contributed by atoms with E-state index in [2.05, 4.69) is 39.0 Å². The van der Waals surface area contributed by atoms with E-state index < -0.39 is 11.6 Å². The second kappa shape index (κ2) is 8.02. The van der Waals surface area contributed by atoms with Crippen molar-refractivity contribution in [1.29, 1.82) is 0 Å². The van der Waals surface area contributed by atoms with Crippen molar-refractivity contribution in [2.24, 2.45) is 0 Å². The van der Waals surface area contributed by atoms with E-state index in [0.717, 1.165) is 33.6 Å². The SMILES string of the molecule is CCc1nn([C@H](C)[C@@H](Cn2cncn2)c2ccc(F)cc2F)c2ccc(Br)cc12. The quantitative estimate of drug-likeness (QED) is 0.394.